The third-order valence-corrected chi connectivity index (χ3v) is 9.35. The molecule has 2 fully saturated rings. The lowest BCUT2D eigenvalue weighted by molar-refractivity contribution is -0.765. The lowest BCUT2D eigenvalue weighted by Crippen LogP contribution is -2.46. The molecule has 5 rings (SSSR count). The molecule has 10 atom stereocenters. The maximum Gasteiger partial charge on any atom is 0.481 e. The second-order valence-corrected chi connectivity index (χ2v) is 12.7. The minimum absolute atomic E-state index is 0.0505. The fraction of sp³-hybridized carbons (Fsp3) is 0.476. The number of aromatic nitrogens is 5. The number of hydrogen-bond acceptors (Lipinski definition) is 16. The number of nitrogens with two attached hydrogens (primary N) is 2. The SMILES string of the molecule is NC(=O)c1ccc[n+]([C@H]2O[C@H](COP(=O)(O)OP(=O)(O)OC[C@H]3OC(n4cnc5c(N)ncnc54)[C@H](O)[C@@H]3O)[C@@H](O)[C@H]2O)c1. The molecule has 21 nitrogen and oxygen atoms in total. The molecular formula is C21H28N7O14P2+. The van der Waals surface area contributed by atoms with E-state index in [4.69, 9.17) is 25.5 Å². The molecule has 44 heavy (non-hydrogen) atoms. The minimum atomic E-state index is -5.37. The molecule has 3 aromatic heterocycles. The minimum Gasteiger partial charge on any atom is -0.387 e. The van der Waals surface area contributed by atoms with Crippen molar-refractivity contribution in [3.05, 3.63) is 42.7 Å². The molecule has 0 saturated carbocycles. The number of carbonyl (C=O) groups is 1. The summed E-state index contributed by atoms with van der Waals surface area (Å²) in [5.74, 6) is -0.714. The first-order chi connectivity index (χ1) is 20.7. The molecular weight excluding hydrogens is 636 g/mol. The average molecular weight is 664 g/mol. The summed E-state index contributed by atoms with van der Waals surface area (Å²) >= 11 is 0. The molecule has 0 bridgehead atoms. The number of phosphoric acid groups is 2. The van der Waals surface area contributed by atoms with Crippen molar-refractivity contribution >= 4 is 38.5 Å². The summed E-state index contributed by atoms with van der Waals surface area (Å²) in [5, 5.41) is 41.6. The van der Waals surface area contributed by atoms with Gasteiger partial charge >= 0.3 is 15.6 Å². The van der Waals surface area contributed by atoms with Gasteiger partial charge in [-0.1, -0.05) is 0 Å². The zero-order chi connectivity index (χ0) is 32.0. The first-order valence-corrected chi connectivity index (χ1v) is 15.6. The van der Waals surface area contributed by atoms with Gasteiger partial charge in [0, 0.05) is 6.07 Å². The number of pyridine rings is 1. The highest BCUT2D eigenvalue weighted by atomic mass is 31.3. The maximum absolute atomic E-state index is 12.4. The van der Waals surface area contributed by atoms with Crippen molar-refractivity contribution < 1.29 is 71.5 Å². The number of ether oxygens (including phenoxy) is 2. The first-order valence-electron chi connectivity index (χ1n) is 12.6. The van der Waals surface area contributed by atoms with Crippen molar-refractivity contribution in [2.75, 3.05) is 18.9 Å². The zero-order valence-electron chi connectivity index (χ0n) is 22.2. The molecule has 1 amide bonds. The summed E-state index contributed by atoms with van der Waals surface area (Å²) in [6.45, 7) is -1.80. The number of hydrogen-bond donors (Lipinski definition) is 8. The summed E-state index contributed by atoms with van der Waals surface area (Å²) in [7, 11) is -10.7. The van der Waals surface area contributed by atoms with E-state index >= 15 is 0 Å². The Labute approximate surface area is 246 Å². The number of aliphatic hydroxyl groups excluding tert-OH is 4. The number of fused-ring (bicyclic) bond motifs is 1. The van der Waals surface area contributed by atoms with E-state index in [2.05, 4.69) is 23.8 Å². The number of carbonyl (C=O) groups excluding carboxylic acids is 1. The number of amides is 1. The molecule has 0 radical (unpaired) electrons. The third-order valence-electron chi connectivity index (χ3n) is 6.75. The second-order valence-electron chi connectivity index (χ2n) is 9.69. The van der Waals surface area contributed by atoms with E-state index < -0.39 is 83.8 Å². The molecule has 240 valence electrons. The number of nitrogens with zero attached hydrogens (tertiary/aromatic N) is 5. The van der Waals surface area contributed by atoms with Crippen molar-refractivity contribution in [2.24, 2.45) is 5.73 Å². The molecule has 5 heterocycles. The number of primary amides is 1. The number of rotatable bonds is 11. The molecule has 2 aliphatic heterocycles. The number of imidazole rings is 1. The van der Waals surface area contributed by atoms with Crippen LogP contribution in [-0.4, -0.2) is 105 Å². The van der Waals surface area contributed by atoms with Crippen molar-refractivity contribution in [3.8, 4) is 0 Å². The molecule has 0 aromatic carbocycles. The van der Waals surface area contributed by atoms with Crippen LogP contribution in [0.3, 0.4) is 0 Å². The van der Waals surface area contributed by atoms with E-state index in [1.165, 1.54) is 40.0 Å². The quantitative estimate of drug-likeness (QED) is 0.0747. The number of phosphoric ester groups is 2. The van der Waals surface area contributed by atoms with E-state index in [1.54, 1.807) is 0 Å². The van der Waals surface area contributed by atoms with E-state index in [0.717, 1.165) is 6.33 Å². The van der Waals surface area contributed by atoms with Gasteiger partial charge in [0.2, 0.25) is 0 Å². The van der Waals surface area contributed by atoms with E-state index in [9.17, 15) is 44.1 Å². The van der Waals surface area contributed by atoms with Crippen molar-refractivity contribution in [1.82, 2.24) is 19.5 Å². The zero-order valence-corrected chi connectivity index (χ0v) is 24.0. The molecule has 2 aliphatic rings. The standard InChI is InChI=1S/C21H27N7O14P2/c22-17-12-19(25-7-24-17)28(8-26-12)21-16(32)14(30)11(41-21)6-39-44(36,37)42-43(34,35)38-5-10-13(29)15(31)20(40-10)27-3-1-2-9(4-27)18(23)33/h1-4,7-8,10-11,13-16,20-21,29-32H,5-6H2,(H5-,22,23,24,25,33,34,35,36,37)/p+1/t10-,11-,13-,14-,15-,16-,20+,21?/m1/s1. The molecule has 2 saturated heterocycles. The second kappa shape index (κ2) is 12.4. The van der Waals surface area contributed by atoms with Gasteiger partial charge in [-0.15, -0.1) is 0 Å². The fourth-order valence-electron chi connectivity index (χ4n) is 4.58. The molecule has 3 aromatic rings. The number of anilines is 1. The van der Waals surface area contributed by atoms with Crippen LogP contribution < -0.4 is 16.0 Å². The molecule has 0 spiro atoms. The smallest absolute Gasteiger partial charge is 0.387 e. The lowest BCUT2D eigenvalue weighted by atomic mass is 10.1. The Morgan fingerprint density at radius 1 is 0.977 bits per heavy atom. The van der Waals surface area contributed by atoms with Crippen LogP contribution in [0.1, 0.15) is 22.8 Å². The van der Waals surface area contributed by atoms with E-state index in [-0.39, 0.29) is 22.5 Å². The Bertz CT molecular complexity index is 1630. The van der Waals surface area contributed by atoms with Gasteiger partial charge in [0.25, 0.3) is 12.1 Å². The normalized spacial score (nSPS) is 31.6. The van der Waals surface area contributed by atoms with Crippen LogP contribution in [-0.2, 0) is 32.0 Å². The summed E-state index contributed by atoms with van der Waals surface area (Å²) < 4.78 is 52.0. The summed E-state index contributed by atoms with van der Waals surface area (Å²) in [4.78, 5) is 43.3. The predicted octanol–water partition coefficient (Wildman–Crippen LogP) is -3.02. The monoisotopic (exact) mass is 664 g/mol. The van der Waals surface area contributed by atoms with Crippen molar-refractivity contribution in [3.63, 3.8) is 0 Å². The van der Waals surface area contributed by atoms with Gasteiger partial charge in [-0.2, -0.15) is 8.88 Å². The van der Waals surface area contributed by atoms with E-state index in [0.29, 0.717) is 0 Å². The van der Waals surface area contributed by atoms with Gasteiger partial charge < -0.3 is 51.2 Å². The van der Waals surface area contributed by atoms with Gasteiger partial charge in [0.1, 0.15) is 47.9 Å². The van der Waals surface area contributed by atoms with Crippen LogP contribution in [0.5, 0.6) is 0 Å². The van der Waals surface area contributed by atoms with Gasteiger partial charge in [0.05, 0.1) is 19.5 Å². The van der Waals surface area contributed by atoms with E-state index in [1.807, 2.05) is 0 Å². The van der Waals surface area contributed by atoms with Gasteiger partial charge in [0.15, 0.2) is 36.2 Å². The highest BCUT2D eigenvalue weighted by Gasteiger charge is 2.50. The van der Waals surface area contributed by atoms with Gasteiger partial charge in [-0.3, -0.25) is 18.4 Å². The average Bonchev–Trinajstić information content (AvgIpc) is 3.61. The fourth-order valence-corrected chi connectivity index (χ4v) is 6.67. The van der Waals surface area contributed by atoms with Crippen LogP contribution in [0.25, 0.3) is 11.2 Å². The van der Waals surface area contributed by atoms with Gasteiger partial charge in [-0.25, -0.2) is 24.1 Å². The third kappa shape index (κ3) is 6.65. The largest absolute Gasteiger partial charge is 0.481 e. The topological polar surface area (TPSA) is 318 Å². The Morgan fingerprint density at radius 3 is 2.27 bits per heavy atom. The lowest BCUT2D eigenvalue weighted by Gasteiger charge is -2.20. The first kappa shape index (κ1) is 32.4. The Kier molecular flexibility index (Phi) is 9.13. The highest BCUT2D eigenvalue weighted by molar-refractivity contribution is 7.61. The van der Waals surface area contributed by atoms with Crippen LogP contribution in [0, 0.1) is 0 Å². The summed E-state index contributed by atoms with van der Waals surface area (Å²) in [6.07, 6.45) is -6.85. The summed E-state index contributed by atoms with van der Waals surface area (Å²) in [5.41, 5.74) is 11.4. The number of aliphatic hydroxyl groups is 4. The van der Waals surface area contributed by atoms with Crippen molar-refractivity contribution in [2.45, 2.75) is 49.1 Å². The molecule has 3 unspecified atom stereocenters. The van der Waals surface area contributed by atoms with Crippen LogP contribution in [0.15, 0.2) is 37.2 Å². The Morgan fingerprint density at radius 2 is 1.61 bits per heavy atom. The highest BCUT2D eigenvalue weighted by Crippen LogP contribution is 2.60. The summed E-state index contributed by atoms with van der Waals surface area (Å²) in [6, 6.07) is 2.83. The van der Waals surface area contributed by atoms with Crippen LogP contribution in [0.2, 0.25) is 0 Å². The maximum atomic E-state index is 12.4. The number of nitrogen functional groups attached to an aromatic ring is 1. The molecule has 0 aliphatic carbocycles. The Balaban J connectivity index is 1.16. The van der Waals surface area contributed by atoms with Crippen LogP contribution in [0.4, 0.5) is 5.82 Å². The molecule has 10 N–H and O–H groups in total. The Hall–Kier alpha value is -3.01. The van der Waals surface area contributed by atoms with Crippen molar-refractivity contribution in [1.29, 1.82) is 0 Å². The predicted molar refractivity (Wildman–Crippen MR) is 139 cm³/mol. The molecule has 23 heteroatoms. The van der Waals surface area contributed by atoms with Gasteiger partial charge in [-0.05, 0) is 6.07 Å². The van der Waals surface area contributed by atoms with Crippen LogP contribution >= 0.6 is 15.6 Å².